The summed E-state index contributed by atoms with van der Waals surface area (Å²) in [6.45, 7) is 10.4. The smallest absolute Gasteiger partial charge is 0.408 e. The average Bonchev–Trinajstić information content (AvgIpc) is 4.09. The minimum atomic E-state index is -4.27. The third-order valence-corrected chi connectivity index (χ3v) is 15.9. The molecule has 11 nitrogen and oxygen atoms in total. The summed E-state index contributed by atoms with van der Waals surface area (Å²) in [5, 5.41) is 5.33. The number of halogens is 2. The molecule has 5 atom stereocenters. The zero-order valence-electron chi connectivity index (χ0n) is 35.5. The van der Waals surface area contributed by atoms with Crippen LogP contribution in [0.5, 0.6) is 0 Å². The molecule has 3 fully saturated rings. The summed E-state index contributed by atoms with van der Waals surface area (Å²) in [4.78, 5) is 58.4. The number of hydrogen-bond acceptors (Lipinski definition) is 8. The molecule has 0 unspecified atom stereocenters. The van der Waals surface area contributed by atoms with Crippen molar-refractivity contribution < 1.29 is 41.1 Å². The molecule has 6 rings (SSSR count). The number of nitrogens with one attached hydrogen (secondary N) is 3. The largest absolute Gasteiger partial charge is 0.444 e. The third-order valence-electron chi connectivity index (χ3n) is 12.3. The van der Waals surface area contributed by atoms with E-state index in [9.17, 15) is 31.6 Å². The highest BCUT2D eigenvalue weighted by Crippen LogP contribution is 2.52. The molecule has 2 aliphatic carbocycles. The number of thioether (sulfide) groups is 1. The highest BCUT2D eigenvalue weighted by atomic mass is 32.2. The van der Waals surface area contributed by atoms with Gasteiger partial charge in [0.1, 0.15) is 23.2 Å². The third kappa shape index (κ3) is 10.0. The number of alkyl carbamates (subject to hydrolysis) is 1. The van der Waals surface area contributed by atoms with E-state index in [-0.39, 0.29) is 13.0 Å². The second-order valence-electron chi connectivity index (χ2n) is 19.0. The van der Waals surface area contributed by atoms with E-state index >= 15 is 4.79 Å². The van der Waals surface area contributed by atoms with Crippen molar-refractivity contribution in [2.45, 2.75) is 145 Å². The van der Waals surface area contributed by atoms with Gasteiger partial charge in [-0.15, -0.1) is 11.8 Å². The van der Waals surface area contributed by atoms with Crippen LogP contribution in [0.25, 0.3) is 11.1 Å². The van der Waals surface area contributed by atoms with Gasteiger partial charge in [-0.05, 0) is 87.8 Å². The van der Waals surface area contributed by atoms with Crippen molar-refractivity contribution >= 4 is 45.6 Å². The molecular formula is C45H60F2N4O7S2. The van der Waals surface area contributed by atoms with Crippen LogP contribution in [0.2, 0.25) is 0 Å². The van der Waals surface area contributed by atoms with E-state index in [0.29, 0.717) is 31.4 Å². The van der Waals surface area contributed by atoms with Crippen LogP contribution >= 0.6 is 11.8 Å². The van der Waals surface area contributed by atoms with Gasteiger partial charge in [-0.3, -0.25) is 19.1 Å². The van der Waals surface area contributed by atoms with Gasteiger partial charge >= 0.3 is 6.09 Å². The second-order valence-corrected chi connectivity index (χ2v) is 22.5. The number of nitrogens with zero attached hydrogens (tertiary/aromatic N) is 1. The van der Waals surface area contributed by atoms with Crippen molar-refractivity contribution in [3.8, 4) is 11.1 Å². The van der Waals surface area contributed by atoms with E-state index in [2.05, 4.69) is 27.5 Å². The average molecular weight is 871 g/mol. The van der Waals surface area contributed by atoms with Gasteiger partial charge in [0.15, 0.2) is 0 Å². The number of allylic oxidation sites excluding steroid dienone is 1. The summed E-state index contributed by atoms with van der Waals surface area (Å²) < 4.78 is 62.1. The van der Waals surface area contributed by atoms with Gasteiger partial charge in [0.25, 0.3) is 5.91 Å². The first kappa shape index (κ1) is 45.5. The van der Waals surface area contributed by atoms with Crippen molar-refractivity contribution in [2.75, 3.05) is 12.3 Å². The Balaban J connectivity index is 1.42. The highest BCUT2D eigenvalue weighted by Gasteiger charge is 2.68. The van der Waals surface area contributed by atoms with Gasteiger partial charge in [0, 0.05) is 12.3 Å². The zero-order valence-corrected chi connectivity index (χ0v) is 37.2. The van der Waals surface area contributed by atoms with Crippen molar-refractivity contribution in [3.05, 3.63) is 72.3 Å². The lowest BCUT2D eigenvalue weighted by Gasteiger charge is -2.36. The predicted octanol–water partition coefficient (Wildman–Crippen LogP) is 7.85. The molecule has 2 bridgehead atoms. The molecule has 0 aromatic heterocycles. The van der Waals surface area contributed by atoms with Gasteiger partial charge in [-0.1, -0.05) is 107 Å². The van der Waals surface area contributed by atoms with Crippen molar-refractivity contribution in [1.82, 2.24) is 20.3 Å². The van der Waals surface area contributed by atoms with E-state index in [1.54, 1.807) is 53.3 Å². The normalized spacial score (nSPS) is 27.8. The van der Waals surface area contributed by atoms with E-state index in [1.165, 1.54) is 4.90 Å². The maximum atomic E-state index is 15.0. The Hall–Kier alpha value is -3.98. The van der Waals surface area contributed by atoms with E-state index in [0.717, 1.165) is 42.4 Å². The Morgan fingerprint density at radius 1 is 0.883 bits per heavy atom. The summed E-state index contributed by atoms with van der Waals surface area (Å²) >= 11 is 1.56. The molecule has 2 heterocycles. The second kappa shape index (κ2) is 17.4. The molecule has 2 saturated carbocycles. The lowest BCUT2D eigenvalue weighted by atomic mass is 9.85. The van der Waals surface area contributed by atoms with Gasteiger partial charge < -0.3 is 20.3 Å². The number of rotatable bonds is 5. The monoisotopic (exact) mass is 870 g/mol. The van der Waals surface area contributed by atoms with Crippen LogP contribution in [0.1, 0.15) is 111 Å². The summed E-state index contributed by atoms with van der Waals surface area (Å²) in [6, 6.07) is 15.3. The molecule has 1 saturated heterocycles. The van der Waals surface area contributed by atoms with Crippen LogP contribution in [0.15, 0.2) is 66.7 Å². The molecule has 2 spiro atoms. The van der Waals surface area contributed by atoms with E-state index in [1.807, 2.05) is 54.6 Å². The molecule has 2 aromatic carbocycles. The van der Waals surface area contributed by atoms with Crippen LogP contribution in [0.3, 0.4) is 0 Å². The summed E-state index contributed by atoms with van der Waals surface area (Å²) in [5.41, 5.74) is -1.17. The zero-order chi connectivity index (χ0) is 43.7. The first-order valence-electron chi connectivity index (χ1n) is 21.0. The van der Waals surface area contributed by atoms with Crippen LogP contribution in [-0.2, 0) is 33.9 Å². The first-order valence-corrected chi connectivity index (χ1v) is 23.5. The fourth-order valence-corrected chi connectivity index (χ4v) is 11.6. The summed E-state index contributed by atoms with van der Waals surface area (Å²) in [5.74, 6) is -3.75. The minimum absolute atomic E-state index is 0.00403. The molecule has 60 heavy (non-hydrogen) atoms. The topological polar surface area (TPSA) is 151 Å². The maximum Gasteiger partial charge on any atom is 0.408 e. The van der Waals surface area contributed by atoms with Gasteiger partial charge in [0.2, 0.25) is 28.3 Å². The van der Waals surface area contributed by atoms with Crippen molar-refractivity contribution in [3.63, 3.8) is 0 Å². The lowest BCUT2D eigenvalue weighted by molar-refractivity contribution is -0.143. The number of sulfonamides is 1. The molecule has 3 N–H and O–H groups in total. The van der Waals surface area contributed by atoms with Gasteiger partial charge in [-0.25, -0.2) is 22.0 Å². The molecule has 15 heteroatoms. The van der Waals surface area contributed by atoms with Gasteiger partial charge in [0.05, 0.1) is 15.4 Å². The van der Waals surface area contributed by atoms with Crippen LogP contribution in [0.4, 0.5) is 13.6 Å². The SMILES string of the molecule is CC(C)(C)OC(=O)N[C@H](C(=O)N1C[C@]2(c3ccc(-c4ccccc4)cc3)C[C@H]1C(=O)N[C@@]1(C[C@H]1C(F)F)C(=O)NS(=O)(=O)C1(CCCCCCC=CCS2)CC1)C(C)(C)C. The molecule has 328 valence electrons. The van der Waals surface area contributed by atoms with Gasteiger partial charge in [-0.2, -0.15) is 0 Å². The quantitative estimate of drug-likeness (QED) is 0.257. The number of likely N-dealkylation sites (tertiary alicyclic amines) is 1. The van der Waals surface area contributed by atoms with E-state index < -0.39 is 90.7 Å². The number of amides is 4. The Bertz CT molecular complexity index is 2050. The van der Waals surface area contributed by atoms with Crippen molar-refractivity contribution in [2.24, 2.45) is 11.3 Å². The highest BCUT2D eigenvalue weighted by molar-refractivity contribution is 8.00. The number of fused-ring (bicyclic) bond motifs is 2. The number of carbonyl (C=O) groups is 4. The molecule has 0 radical (unpaired) electrons. The molecule has 4 amide bonds. The summed E-state index contributed by atoms with van der Waals surface area (Å²) in [6.07, 6.45) is 5.04. The first-order chi connectivity index (χ1) is 28.1. The molecule has 2 aliphatic heterocycles. The maximum absolute atomic E-state index is 15.0. The number of alkyl halides is 2. The Morgan fingerprint density at radius 2 is 1.53 bits per heavy atom. The number of hydrogen-bond donors (Lipinski definition) is 3. The minimum Gasteiger partial charge on any atom is -0.444 e. The Morgan fingerprint density at radius 3 is 2.13 bits per heavy atom. The number of benzene rings is 2. The van der Waals surface area contributed by atoms with Crippen LogP contribution < -0.4 is 15.4 Å². The Kier molecular flexibility index (Phi) is 13.2. The van der Waals surface area contributed by atoms with Crippen LogP contribution in [0, 0.1) is 11.3 Å². The Labute approximate surface area is 357 Å². The number of ether oxygens (including phenoxy) is 1. The fourth-order valence-electron chi connectivity index (χ4n) is 8.50. The molecule has 4 aliphatic rings. The predicted molar refractivity (Wildman–Crippen MR) is 230 cm³/mol. The van der Waals surface area contributed by atoms with Crippen LogP contribution in [-0.4, -0.2) is 83.8 Å². The fraction of sp³-hybridized carbons (Fsp3) is 0.600. The molecule has 2 aromatic rings. The molecular weight excluding hydrogens is 811 g/mol. The lowest BCUT2D eigenvalue weighted by Crippen LogP contribution is -2.60. The van der Waals surface area contributed by atoms with E-state index in [4.69, 9.17) is 4.74 Å². The standard InChI is InChI=1S/C45H60F2N4O7S2/c1-41(2,3)35(48-40(55)58-42(4,5)6)38(53)51-29-44(32-21-19-31(20-22-32)30-17-13-12-14-18-30)28-34(51)37(52)49-45(27-33(45)36(46)47)39(54)50-60(56,57)43(24-25-43)23-15-10-8-7-9-11-16-26-59-44/h11-14,16-22,33-36H,7-10,15,23-29H2,1-6H3,(H,48,55)(H,49,52)(H,50,54)/t33-,34-,35+,44-,45+/m0/s1. The summed E-state index contributed by atoms with van der Waals surface area (Å²) in [7, 11) is -4.27. The number of carbonyl (C=O) groups excluding carboxylic acids is 4. The van der Waals surface area contributed by atoms with Crippen molar-refractivity contribution in [1.29, 1.82) is 0 Å².